The van der Waals surface area contributed by atoms with E-state index in [9.17, 15) is 0 Å². The molecule has 0 N–H and O–H groups in total. The molecule has 2 aliphatic rings. The molecular weight excluding hydrogens is 401 g/mol. The molecule has 0 atom stereocenters. The Morgan fingerprint density at radius 1 is 0.652 bits per heavy atom. The van der Waals surface area contributed by atoms with E-state index in [1.807, 2.05) is 21.6 Å². The summed E-state index contributed by atoms with van der Waals surface area (Å²) < 4.78 is 2.17. The topological polar surface area (TPSA) is 6.48 Å². The minimum absolute atomic E-state index is 1.09. The normalized spacial score (nSPS) is 19.0. The van der Waals surface area contributed by atoms with Gasteiger partial charge in [-0.05, 0) is 66.5 Å². The van der Waals surface area contributed by atoms with Gasteiger partial charge in [0.1, 0.15) is 8.64 Å². The van der Waals surface area contributed by atoms with Crippen molar-refractivity contribution in [2.45, 2.75) is 44.9 Å². The standard InChI is InChI=1S/C15H26N2S6/c18-14(16-8-3-1-4-9-16)22-20-12-7-13-21-23-15(19)17-10-5-2-6-11-17/h1-13H2. The van der Waals surface area contributed by atoms with Gasteiger partial charge >= 0.3 is 0 Å². The molecule has 23 heavy (non-hydrogen) atoms. The zero-order valence-electron chi connectivity index (χ0n) is 13.5. The van der Waals surface area contributed by atoms with Gasteiger partial charge in [-0.15, -0.1) is 0 Å². The quantitative estimate of drug-likeness (QED) is 0.300. The molecule has 2 saturated heterocycles. The largest absolute Gasteiger partial charge is 0.357 e. The summed E-state index contributed by atoms with van der Waals surface area (Å²) in [4.78, 5) is 4.75. The van der Waals surface area contributed by atoms with Gasteiger partial charge in [0.25, 0.3) is 0 Å². The fraction of sp³-hybridized carbons (Fsp3) is 0.867. The molecule has 2 aliphatic heterocycles. The van der Waals surface area contributed by atoms with Crippen LogP contribution >= 0.6 is 67.6 Å². The fourth-order valence-corrected chi connectivity index (χ4v) is 7.95. The third-order valence-corrected chi connectivity index (χ3v) is 10.2. The van der Waals surface area contributed by atoms with Crippen molar-refractivity contribution in [1.82, 2.24) is 9.80 Å². The Morgan fingerprint density at radius 3 is 1.43 bits per heavy atom. The van der Waals surface area contributed by atoms with Gasteiger partial charge in [0.2, 0.25) is 0 Å². The number of piperidine rings is 2. The van der Waals surface area contributed by atoms with Gasteiger partial charge in [-0.3, -0.25) is 0 Å². The summed E-state index contributed by atoms with van der Waals surface area (Å²) in [6.45, 7) is 4.64. The highest BCUT2D eigenvalue weighted by molar-refractivity contribution is 8.84. The highest BCUT2D eigenvalue weighted by atomic mass is 33.1. The molecule has 0 aromatic carbocycles. The fourth-order valence-electron chi connectivity index (χ4n) is 2.62. The van der Waals surface area contributed by atoms with Crippen LogP contribution in [0.4, 0.5) is 0 Å². The number of likely N-dealkylation sites (tertiary alicyclic amines) is 2. The van der Waals surface area contributed by atoms with Crippen molar-refractivity contribution in [2.75, 3.05) is 37.7 Å². The van der Waals surface area contributed by atoms with Gasteiger partial charge in [0.15, 0.2) is 0 Å². The maximum Gasteiger partial charge on any atom is 0.147 e. The summed E-state index contributed by atoms with van der Waals surface area (Å²) in [6, 6.07) is 0. The van der Waals surface area contributed by atoms with Crippen LogP contribution in [0.2, 0.25) is 0 Å². The Hall–Kier alpha value is 1.18. The minimum atomic E-state index is 1.09. The molecule has 0 aliphatic carbocycles. The van der Waals surface area contributed by atoms with Crippen molar-refractivity contribution in [1.29, 1.82) is 0 Å². The molecule has 2 fully saturated rings. The Bertz CT molecular complexity index is 333. The van der Waals surface area contributed by atoms with Crippen molar-refractivity contribution in [3.05, 3.63) is 0 Å². The maximum absolute atomic E-state index is 5.52. The number of hydrogen-bond donors (Lipinski definition) is 0. The van der Waals surface area contributed by atoms with E-state index in [4.69, 9.17) is 24.4 Å². The molecule has 0 spiro atoms. The molecule has 2 heterocycles. The van der Waals surface area contributed by atoms with Crippen LogP contribution in [-0.4, -0.2) is 56.1 Å². The van der Waals surface area contributed by atoms with Crippen LogP contribution in [0.5, 0.6) is 0 Å². The lowest BCUT2D eigenvalue weighted by atomic mass is 10.1. The van der Waals surface area contributed by atoms with Crippen molar-refractivity contribution >= 4 is 76.3 Å². The molecule has 8 heteroatoms. The number of nitrogens with zero attached hydrogens (tertiary/aromatic N) is 2. The van der Waals surface area contributed by atoms with E-state index in [1.165, 1.54) is 56.5 Å². The van der Waals surface area contributed by atoms with Crippen molar-refractivity contribution < 1.29 is 0 Å². The van der Waals surface area contributed by atoms with E-state index in [-0.39, 0.29) is 0 Å². The maximum atomic E-state index is 5.52. The summed E-state index contributed by atoms with van der Waals surface area (Å²) in [5, 5.41) is 0. The van der Waals surface area contributed by atoms with Crippen molar-refractivity contribution in [3.8, 4) is 0 Å². The average Bonchev–Trinajstić information content (AvgIpc) is 2.62. The van der Waals surface area contributed by atoms with E-state index in [0.717, 1.165) is 34.8 Å². The van der Waals surface area contributed by atoms with Gasteiger partial charge in [-0.2, -0.15) is 0 Å². The van der Waals surface area contributed by atoms with Crippen LogP contribution in [0.25, 0.3) is 0 Å². The Morgan fingerprint density at radius 2 is 1.04 bits per heavy atom. The lowest BCUT2D eigenvalue weighted by Crippen LogP contribution is -2.32. The second-order valence-corrected chi connectivity index (χ2v) is 11.9. The van der Waals surface area contributed by atoms with Crippen molar-refractivity contribution in [2.24, 2.45) is 0 Å². The van der Waals surface area contributed by atoms with E-state index >= 15 is 0 Å². The van der Waals surface area contributed by atoms with Gasteiger partial charge in [-0.25, -0.2) is 0 Å². The SMILES string of the molecule is S=C(SSCCCSSC(=S)N1CCCCC1)N1CCCCC1. The zero-order chi connectivity index (χ0) is 16.3. The summed E-state index contributed by atoms with van der Waals surface area (Å²) in [5.74, 6) is 2.34. The van der Waals surface area contributed by atoms with Crippen LogP contribution < -0.4 is 0 Å². The van der Waals surface area contributed by atoms with E-state index in [1.54, 1.807) is 21.6 Å². The molecule has 0 aromatic heterocycles. The first-order valence-electron chi connectivity index (χ1n) is 8.44. The predicted octanol–water partition coefficient (Wildman–Crippen LogP) is 5.68. The summed E-state index contributed by atoms with van der Waals surface area (Å²) >= 11 is 11.0. The Balaban J connectivity index is 1.43. The average molecular weight is 427 g/mol. The Kier molecular flexibility index (Phi) is 11.2. The van der Waals surface area contributed by atoms with Crippen LogP contribution in [0.15, 0.2) is 0 Å². The van der Waals surface area contributed by atoms with Crippen LogP contribution in [0.3, 0.4) is 0 Å². The molecule has 2 nitrogen and oxygen atoms in total. The first kappa shape index (κ1) is 20.5. The predicted molar refractivity (Wildman–Crippen MR) is 121 cm³/mol. The number of hydrogen-bond acceptors (Lipinski definition) is 6. The van der Waals surface area contributed by atoms with E-state index < -0.39 is 0 Å². The first-order valence-corrected chi connectivity index (χ1v) is 13.9. The minimum Gasteiger partial charge on any atom is -0.357 e. The number of rotatable bonds is 6. The smallest absolute Gasteiger partial charge is 0.147 e. The second kappa shape index (κ2) is 12.5. The molecule has 0 radical (unpaired) electrons. The molecule has 0 amide bonds. The molecule has 0 bridgehead atoms. The zero-order valence-corrected chi connectivity index (χ0v) is 18.4. The molecule has 132 valence electrons. The third-order valence-electron chi connectivity index (χ3n) is 3.94. The highest BCUT2D eigenvalue weighted by Crippen LogP contribution is 2.30. The second-order valence-electron chi connectivity index (χ2n) is 5.79. The van der Waals surface area contributed by atoms with E-state index in [2.05, 4.69) is 9.80 Å². The van der Waals surface area contributed by atoms with Gasteiger partial charge in [0, 0.05) is 37.7 Å². The van der Waals surface area contributed by atoms with Crippen LogP contribution in [0, 0.1) is 0 Å². The summed E-state index contributed by atoms with van der Waals surface area (Å²) in [7, 11) is 7.41. The van der Waals surface area contributed by atoms with Gasteiger partial charge in [0.05, 0.1) is 0 Å². The molecule has 0 saturated carbocycles. The summed E-state index contributed by atoms with van der Waals surface area (Å²) in [6.07, 6.45) is 9.16. The Labute approximate surface area is 167 Å². The number of thiocarbonyl (C=S) groups is 2. The lowest BCUT2D eigenvalue weighted by molar-refractivity contribution is 0.352. The van der Waals surface area contributed by atoms with Crippen LogP contribution in [-0.2, 0) is 0 Å². The van der Waals surface area contributed by atoms with Crippen LogP contribution in [0.1, 0.15) is 44.9 Å². The molecule has 0 aromatic rings. The lowest BCUT2D eigenvalue weighted by Gasteiger charge is -2.28. The first-order chi connectivity index (χ1) is 11.3. The monoisotopic (exact) mass is 426 g/mol. The summed E-state index contributed by atoms with van der Waals surface area (Å²) in [5.41, 5.74) is 0. The molecule has 0 unspecified atom stereocenters. The molecular formula is C15H26N2S6. The molecule has 2 rings (SSSR count). The van der Waals surface area contributed by atoms with Crippen molar-refractivity contribution in [3.63, 3.8) is 0 Å². The van der Waals surface area contributed by atoms with E-state index in [0.29, 0.717) is 0 Å². The van der Waals surface area contributed by atoms with Gasteiger partial charge < -0.3 is 9.80 Å². The highest BCUT2D eigenvalue weighted by Gasteiger charge is 2.14. The van der Waals surface area contributed by atoms with Gasteiger partial charge in [-0.1, -0.05) is 46.0 Å². The third kappa shape index (κ3) is 8.40.